The lowest BCUT2D eigenvalue weighted by Crippen LogP contribution is -2.16. The summed E-state index contributed by atoms with van der Waals surface area (Å²) in [5.74, 6) is 0. The molecule has 0 atom stereocenters. The maximum Gasteiger partial charge on any atom is 0.0159 e. The highest BCUT2D eigenvalue weighted by Crippen LogP contribution is 2.59. The van der Waals surface area contributed by atoms with E-state index in [0.717, 1.165) is 0 Å². The Bertz CT molecular complexity index is 4360. The van der Waals surface area contributed by atoms with Crippen molar-refractivity contribution in [1.82, 2.24) is 0 Å². The number of hydrogen-bond acceptors (Lipinski definition) is 0. The van der Waals surface area contributed by atoms with Gasteiger partial charge in [-0.2, -0.15) is 0 Å². The minimum Gasteiger partial charge on any atom is -0.0619 e. The largest absolute Gasteiger partial charge is 0.0619 e. The maximum atomic E-state index is 2.57. The van der Waals surface area contributed by atoms with E-state index in [1.54, 1.807) is 0 Å². The topological polar surface area (TPSA) is 0 Å². The van der Waals surface area contributed by atoms with Crippen LogP contribution in [0, 0.1) is 0 Å². The van der Waals surface area contributed by atoms with E-state index in [1.165, 1.54) is 154 Å². The summed E-state index contributed by atoms with van der Waals surface area (Å²) in [6.07, 6.45) is 0. The molecule has 0 fully saturated rings. The van der Waals surface area contributed by atoms with E-state index in [4.69, 9.17) is 0 Å². The minimum atomic E-state index is -0.261. The Morgan fingerprint density at radius 2 is 0.577 bits per heavy atom. The minimum absolute atomic E-state index is 0.0736. The fourth-order valence-corrected chi connectivity index (χ4v) is 14.1. The van der Waals surface area contributed by atoms with Crippen LogP contribution in [-0.4, -0.2) is 0 Å². The van der Waals surface area contributed by atoms with Crippen LogP contribution in [0.25, 0.3) is 121 Å². The van der Waals surface area contributed by atoms with Gasteiger partial charge in [0, 0.05) is 16.2 Å². The van der Waals surface area contributed by atoms with Crippen LogP contribution >= 0.6 is 0 Å². The van der Waals surface area contributed by atoms with Crippen molar-refractivity contribution in [3.63, 3.8) is 0 Å². The highest BCUT2D eigenvalue weighted by Gasteiger charge is 2.41. The molecule has 0 aliphatic heterocycles. The summed E-state index contributed by atoms with van der Waals surface area (Å²) in [6.45, 7) is 14.5. The van der Waals surface area contributed by atoms with Crippen molar-refractivity contribution in [3.8, 4) is 66.8 Å². The molecule has 12 aromatic rings. The summed E-state index contributed by atoms with van der Waals surface area (Å²) >= 11 is 0. The molecule has 15 rings (SSSR count). The zero-order valence-corrected chi connectivity index (χ0v) is 41.1. The monoisotopic (exact) mass is 904 g/mol. The number of rotatable bonds is 3. The molecular weight excluding hydrogens is 853 g/mol. The van der Waals surface area contributed by atoms with Crippen LogP contribution in [0.2, 0.25) is 0 Å². The van der Waals surface area contributed by atoms with E-state index in [2.05, 4.69) is 248 Å². The lowest BCUT2D eigenvalue weighted by molar-refractivity contribution is 0.660. The highest BCUT2D eigenvalue weighted by atomic mass is 14.4. The molecule has 0 heteroatoms. The van der Waals surface area contributed by atoms with Gasteiger partial charge in [-0.05, 0) is 178 Å². The molecule has 0 bridgehead atoms. The van der Waals surface area contributed by atoms with E-state index in [9.17, 15) is 0 Å². The smallest absolute Gasteiger partial charge is 0.0159 e. The van der Waals surface area contributed by atoms with Gasteiger partial charge in [0.1, 0.15) is 0 Å². The standard InChI is InChI=1S/C71H52/c1-69(2)59-30-18-17-26-51(59)52-33-31-42(37-61(52)69)56-38-62-67(53-27-14-11-23-46(53)56)68-55-29-16-13-25-48(55)58(40-64(68)71(62,5)6)50-35-34-49(44-21-9-10-22-45(44)50)57-39-63-66(54-28-15-12-24-47(54)57)65-43-20-8-7-19-41(43)32-36-60(65)70(63,3)4/h7-40H,1-6H3. The van der Waals surface area contributed by atoms with Gasteiger partial charge in [0.15, 0.2) is 0 Å². The van der Waals surface area contributed by atoms with Crippen molar-refractivity contribution in [1.29, 1.82) is 0 Å². The highest BCUT2D eigenvalue weighted by molar-refractivity contribution is 6.21. The SMILES string of the molecule is CC1(C)c2ccccc2-c2ccc(-c3cc4c(c5ccccc35)-c3c(cc(-c5ccc(-c6cc7c(c8ccccc68)-c6c(ccc8ccccc68)C7(C)C)c6ccccc56)c5ccccc35)C4(C)C)cc21. The Hall–Kier alpha value is -8.06. The third-order valence-corrected chi connectivity index (χ3v) is 17.7. The van der Waals surface area contributed by atoms with Gasteiger partial charge in [-0.25, -0.2) is 0 Å². The normalized spacial score (nSPS) is 15.2. The van der Waals surface area contributed by atoms with Crippen molar-refractivity contribution < 1.29 is 0 Å². The average molecular weight is 905 g/mol. The van der Waals surface area contributed by atoms with Crippen LogP contribution in [0.15, 0.2) is 206 Å². The van der Waals surface area contributed by atoms with Crippen molar-refractivity contribution in [3.05, 3.63) is 240 Å². The molecule has 0 N–H and O–H groups in total. The first-order chi connectivity index (χ1) is 34.5. The summed E-state index contributed by atoms with van der Waals surface area (Å²) in [7, 11) is 0. The molecule has 336 valence electrons. The number of benzene rings is 12. The van der Waals surface area contributed by atoms with E-state index < -0.39 is 0 Å². The third kappa shape index (κ3) is 5.30. The second kappa shape index (κ2) is 14.1. The van der Waals surface area contributed by atoms with Crippen LogP contribution in [-0.2, 0) is 16.2 Å². The van der Waals surface area contributed by atoms with Crippen molar-refractivity contribution in [2.24, 2.45) is 0 Å². The quantitative estimate of drug-likeness (QED) is 0.166. The summed E-state index contributed by atoms with van der Waals surface area (Å²) in [4.78, 5) is 0. The Morgan fingerprint density at radius 3 is 1.13 bits per heavy atom. The summed E-state index contributed by atoms with van der Waals surface area (Å²) in [5, 5.41) is 13.0. The predicted octanol–water partition coefficient (Wildman–Crippen LogP) is 19.4. The fraction of sp³-hybridized carbons (Fsp3) is 0.127. The van der Waals surface area contributed by atoms with Gasteiger partial charge in [-0.3, -0.25) is 0 Å². The van der Waals surface area contributed by atoms with Gasteiger partial charge >= 0.3 is 0 Å². The molecule has 0 heterocycles. The van der Waals surface area contributed by atoms with Crippen LogP contribution in [0.4, 0.5) is 0 Å². The number of fused-ring (bicyclic) bond motifs is 18. The molecule has 0 saturated carbocycles. The van der Waals surface area contributed by atoms with Gasteiger partial charge in [0.2, 0.25) is 0 Å². The van der Waals surface area contributed by atoms with Gasteiger partial charge in [-0.1, -0.05) is 224 Å². The molecular formula is C71H52. The molecule has 0 radical (unpaired) electrons. The van der Waals surface area contributed by atoms with E-state index in [1.807, 2.05) is 0 Å². The molecule has 0 spiro atoms. The summed E-state index contributed by atoms with van der Waals surface area (Å²) in [5.41, 5.74) is 23.9. The Balaban J connectivity index is 0.925. The molecule has 71 heavy (non-hydrogen) atoms. The fourth-order valence-electron chi connectivity index (χ4n) is 14.1. The second-order valence-corrected chi connectivity index (χ2v) is 22.3. The Morgan fingerprint density at radius 1 is 0.211 bits per heavy atom. The van der Waals surface area contributed by atoms with Gasteiger partial charge in [0.05, 0.1) is 0 Å². The molecule has 0 amide bonds. The zero-order valence-electron chi connectivity index (χ0n) is 41.1. The van der Waals surface area contributed by atoms with Crippen LogP contribution in [0.1, 0.15) is 74.9 Å². The molecule has 0 unspecified atom stereocenters. The zero-order chi connectivity index (χ0) is 47.7. The average Bonchev–Trinajstić information content (AvgIpc) is 3.89. The lowest BCUT2D eigenvalue weighted by Gasteiger charge is -2.25. The Labute approximate surface area is 415 Å². The maximum absolute atomic E-state index is 2.57. The molecule has 0 nitrogen and oxygen atoms in total. The number of hydrogen-bond donors (Lipinski definition) is 0. The molecule has 3 aliphatic rings. The van der Waals surface area contributed by atoms with Crippen LogP contribution in [0.5, 0.6) is 0 Å². The second-order valence-electron chi connectivity index (χ2n) is 22.3. The van der Waals surface area contributed by atoms with Gasteiger partial charge in [-0.15, -0.1) is 0 Å². The van der Waals surface area contributed by atoms with Gasteiger partial charge < -0.3 is 0 Å². The molecule has 3 aliphatic carbocycles. The first-order valence-electron chi connectivity index (χ1n) is 25.5. The van der Waals surface area contributed by atoms with Crippen molar-refractivity contribution in [2.45, 2.75) is 57.8 Å². The Kier molecular flexibility index (Phi) is 8.07. The van der Waals surface area contributed by atoms with E-state index in [0.29, 0.717) is 0 Å². The van der Waals surface area contributed by atoms with E-state index in [-0.39, 0.29) is 16.2 Å². The summed E-state index contributed by atoms with van der Waals surface area (Å²) < 4.78 is 0. The lowest BCUT2D eigenvalue weighted by atomic mass is 9.78. The van der Waals surface area contributed by atoms with Gasteiger partial charge in [0.25, 0.3) is 0 Å². The predicted molar refractivity (Wildman–Crippen MR) is 303 cm³/mol. The molecule has 0 aromatic heterocycles. The first-order valence-corrected chi connectivity index (χ1v) is 25.5. The molecule has 0 saturated heterocycles. The third-order valence-electron chi connectivity index (χ3n) is 17.7. The van der Waals surface area contributed by atoms with Crippen LogP contribution < -0.4 is 0 Å². The van der Waals surface area contributed by atoms with Crippen molar-refractivity contribution >= 4 is 53.9 Å². The van der Waals surface area contributed by atoms with Crippen molar-refractivity contribution in [2.75, 3.05) is 0 Å². The van der Waals surface area contributed by atoms with E-state index >= 15 is 0 Å². The summed E-state index contributed by atoms with van der Waals surface area (Å²) in [6, 6.07) is 79.0. The van der Waals surface area contributed by atoms with Crippen LogP contribution in [0.3, 0.4) is 0 Å². The first kappa shape index (κ1) is 40.8. The molecule has 12 aromatic carbocycles.